The smallest absolute Gasteiger partial charge is 0.251 e. The Labute approximate surface area is 364 Å². The molecule has 0 unspecified atom stereocenters. The molecule has 324 valence electrons. The van der Waals surface area contributed by atoms with Crippen LogP contribution in [-0.2, 0) is 24.3 Å². The van der Waals surface area contributed by atoms with Crippen LogP contribution in [-0.4, -0.2) is 87.1 Å². The number of amides is 1. The highest BCUT2D eigenvalue weighted by Gasteiger charge is 2.30. The fraction of sp³-hybridized carbons (Fsp3) is 0.340. The lowest BCUT2D eigenvalue weighted by atomic mass is 9.99. The van der Waals surface area contributed by atoms with Crippen LogP contribution < -0.4 is 26.2 Å². The van der Waals surface area contributed by atoms with E-state index in [1.165, 1.54) is 17.0 Å². The Hall–Kier alpha value is -7.07. The first kappa shape index (κ1) is 41.3. The van der Waals surface area contributed by atoms with Gasteiger partial charge in [0, 0.05) is 73.9 Å². The second-order valence-corrected chi connectivity index (χ2v) is 16.3. The summed E-state index contributed by atoms with van der Waals surface area (Å²) < 4.78 is 11.2. The maximum Gasteiger partial charge on any atom is 0.251 e. The minimum atomic E-state index is -0.232. The van der Waals surface area contributed by atoms with E-state index in [2.05, 4.69) is 38.8 Å². The van der Waals surface area contributed by atoms with Crippen LogP contribution in [0.5, 0.6) is 11.5 Å². The van der Waals surface area contributed by atoms with Crippen molar-refractivity contribution in [2.45, 2.75) is 77.0 Å². The van der Waals surface area contributed by atoms with Crippen LogP contribution in [0, 0.1) is 0 Å². The number of hydrogen-bond acceptors (Lipinski definition) is 12. The molecule has 0 radical (unpaired) electrons. The van der Waals surface area contributed by atoms with Gasteiger partial charge in [0.15, 0.2) is 11.3 Å². The molecule has 0 aliphatic carbocycles. The second-order valence-electron chi connectivity index (χ2n) is 16.3. The monoisotopic (exact) mass is 848 g/mol. The molecular weight excluding hydrogens is 797 g/mol. The van der Waals surface area contributed by atoms with E-state index in [9.17, 15) is 14.7 Å². The highest BCUT2D eigenvalue weighted by molar-refractivity contribution is 5.98. The van der Waals surface area contributed by atoms with Crippen LogP contribution in [0.15, 0.2) is 108 Å². The second kappa shape index (κ2) is 18.1. The van der Waals surface area contributed by atoms with Crippen molar-refractivity contribution in [3.63, 3.8) is 0 Å². The molecule has 7 heterocycles. The molecule has 2 atom stereocenters. The minimum Gasteiger partial charge on any atom is -0.457 e. The summed E-state index contributed by atoms with van der Waals surface area (Å²) in [6.45, 7) is 8.64. The van der Waals surface area contributed by atoms with E-state index in [1.54, 1.807) is 17.2 Å². The number of hydrogen-bond donors (Lipinski definition) is 3. The van der Waals surface area contributed by atoms with Gasteiger partial charge < -0.3 is 35.3 Å². The third-order valence-corrected chi connectivity index (χ3v) is 12.1. The number of anilines is 3. The maximum atomic E-state index is 14.0. The molecule has 2 saturated heterocycles. The van der Waals surface area contributed by atoms with Crippen molar-refractivity contribution in [3.8, 4) is 22.8 Å². The Morgan fingerprint density at radius 2 is 1.81 bits per heavy atom. The lowest BCUT2D eigenvalue weighted by Crippen LogP contribution is -2.42. The number of nitrogens with two attached hydrogens (primary N) is 1. The average molecular weight is 849 g/mol. The third-order valence-electron chi connectivity index (χ3n) is 12.1. The number of nitrogens with one attached hydrogen (secondary N) is 1. The fourth-order valence-electron chi connectivity index (χ4n) is 8.86. The zero-order valence-corrected chi connectivity index (χ0v) is 35.4. The van der Waals surface area contributed by atoms with Gasteiger partial charge in [-0.3, -0.25) is 9.59 Å². The van der Waals surface area contributed by atoms with Crippen molar-refractivity contribution in [3.05, 3.63) is 125 Å². The molecule has 2 aliphatic heterocycles. The lowest BCUT2D eigenvalue weighted by molar-refractivity contribution is -0.129. The standard InChI is InChI=1S/C47H52N12O4/c1-3-33-26-52-59-39(24-40(53-45(33)59)57-22-8-7-10-35(57)20-23-60)49-25-32-14-19-41(61)56(28-32)27-31(2)47(62)55-21-9-11-36(29-55)58-46-42(44(48)50-30-51-46)43(54-58)34-15-17-38(18-16-34)63-37-12-5-4-6-13-37/h4-6,12-19,24,26,28,30,35-36,49,60H,2-3,7-11,20-23,25,27,29H2,1H3,(H2,48,50,51)/t35-,36+/m0/s1. The summed E-state index contributed by atoms with van der Waals surface area (Å²) in [6, 6.07) is 22.6. The molecule has 2 aliphatic rings. The first-order chi connectivity index (χ1) is 30.8. The van der Waals surface area contributed by atoms with Gasteiger partial charge in [-0.2, -0.15) is 14.7 Å². The molecule has 0 bridgehead atoms. The Morgan fingerprint density at radius 3 is 2.62 bits per heavy atom. The number of piperidine rings is 2. The number of aromatic nitrogens is 8. The van der Waals surface area contributed by atoms with Crippen LogP contribution in [0.4, 0.5) is 17.5 Å². The van der Waals surface area contributed by atoms with Gasteiger partial charge in [0.05, 0.1) is 24.2 Å². The number of ether oxygens (including phenoxy) is 1. The highest BCUT2D eigenvalue weighted by Crippen LogP contribution is 2.35. The molecule has 2 fully saturated rings. The third kappa shape index (κ3) is 8.58. The fourth-order valence-corrected chi connectivity index (χ4v) is 8.86. The van der Waals surface area contributed by atoms with Crippen molar-refractivity contribution >= 4 is 40.0 Å². The molecule has 7 aromatic rings. The molecule has 5 aromatic heterocycles. The Balaban J connectivity index is 0.894. The number of fused-ring (bicyclic) bond motifs is 2. The van der Waals surface area contributed by atoms with E-state index in [4.69, 9.17) is 20.6 Å². The van der Waals surface area contributed by atoms with Crippen LogP contribution in [0.25, 0.3) is 27.9 Å². The van der Waals surface area contributed by atoms with Gasteiger partial charge >= 0.3 is 0 Å². The number of nitrogens with zero attached hydrogens (tertiary/aromatic N) is 10. The Morgan fingerprint density at radius 1 is 0.984 bits per heavy atom. The average Bonchev–Trinajstić information content (AvgIpc) is 3.93. The first-order valence-corrected chi connectivity index (χ1v) is 21.8. The summed E-state index contributed by atoms with van der Waals surface area (Å²) in [6.07, 6.45) is 11.3. The molecule has 2 aromatic carbocycles. The number of pyridine rings is 1. The van der Waals surface area contributed by atoms with Crippen molar-refractivity contribution < 1.29 is 14.6 Å². The molecule has 16 nitrogen and oxygen atoms in total. The zero-order chi connectivity index (χ0) is 43.5. The van der Waals surface area contributed by atoms with E-state index in [-0.39, 0.29) is 36.7 Å². The van der Waals surface area contributed by atoms with Gasteiger partial charge in [0.2, 0.25) is 0 Å². The topological polar surface area (TPSA) is 187 Å². The number of carbonyl (C=O) groups is 1. The van der Waals surface area contributed by atoms with Crippen molar-refractivity contribution in [1.29, 1.82) is 0 Å². The van der Waals surface area contributed by atoms with E-state index in [1.807, 2.05) is 76.1 Å². The van der Waals surface area contributed by atoms with Gasteiger partial charge in [-0.25, -0.2) is 19.6 Å². The van der Waals surface area contributed by atoms with Gasteiger partial charge in [-0.05, 0) is 86.9 Å². The number of likely N-dealkylation sites (tertiary alicyclic amines) is 1. The molecular formula is C47H52N12O4. The summed E-state index contributed by atoms with van der Waals surface area (Å²) in [7, 11) is 0. The van der Waals surface area contributed by atoms with Gasteiger partial charge in [0.1, 0.15) is 41.0 Å². The Kier molecular flexibility index (Phi) is 11.9. The summed E-state index contributed by atoms with van der Waals surface area (Å²) in [4.78, 5) is 45.3. The van der Waals surface area contributed by atoms with Crippen LogP contribution in [0.2, 0.25) is 0 Å². The number of aryl methyl sites for hydroxylation is 1. The molecule has 63 heavy (non-hydrogen) atoms. The predicted octanol–water partition coefficient (Wildman–Crippen LogP) is 6.41. The van der Waals surface area contributed by atoms with E-state index in [0.717, 1.165) is 84.8 Å². The summed E-state index contributed by atoms with van der Waals surface area (Å²) in [5, 5.41) is 23.7. The van der Waals surface area contributed by atoms with E-state index in [0.29, 0.717) is 59.9 Å². The van der Waals surface area contributed by atoms with Gasteiger partial charge in [-0.1, -0.05) is 37.8 Å². The van der Waals surface area contributed by atoms with Gasteiger partial charge in [0.25, 0.3) is 11.5 Å². The van der Waals surface area contributed by atoms with E-state index < -0.39 is 0 Å². The number of aliphatic hydroxyl groups is 1. The summed E-state index contributed by atoms with van der Waals surface area (Å²) in [5.41, 5.74) is 11.3. The lowest BCUT2D eigenvalue weighted by Gasteiger charge is -2.36. The molecule has 9 rings (SSSR count). The summed E-state index contributed by atoms with van der Waals surface area (Å²) in [5.74, 6) is 3.16. The minimum absolute atomic E-state index is 0.0408. The number of aliphatic hydroxyl groups excluding tert-OH is 1. The normalized spacial score (nSPS) is 16.7. The van der Waals surface area contributed by atoms with Gasteiger partial charge in [-0.15, -0.1) is 0 Å². The predicted molar refractivity (Wildman–Crippen MR) is 243 cm³/mol. The maximum absolute atomic E-state index is 14.0. The number of rotatable bonds is 14. The first-order valence-electron chi connectivity index (χ1n) is 21.8. The van der Waals surface area contributed by atoms with Crippen LogP contribution in [0.1, 0.15) is 62.6 Å². The quantitative estimate of drug-likeness (QED) is 0.102. The SMILES string of the molecule is C=C(Cn1cc(CNc2cc(N3CCCC[C@H]3CCO)nc3c(CC)cnn23)ccc1=O)C(=O)N1CCC[C@@H](n2nc(-c3ccc(Oc4ccccc4)cc3)c3c(N)ncnc32)C1. The summed E-state index contributed by atoms with van der Waals surface area (Å²) >= 11 is 0. The molecule has 4 N–H and O–H groups in total. The van der Waals surface area contributed by atoms with Crippen molar-refractivity contribution in [2.75, 3.05) is 42.2 Å². The number of para-hydroxylation sites is 1. The number of benzene rings is 2. The molecule has 1 amide bonds. The number of carbonyl (C=O) groups excluding carboxylic acids is 1. The van der Waals surface area contributed by atoms with E-state index >= 15 is 0 Å². The highest BCUT2D eigenvalue weighted by atomic mass is 16.5. The van der Waals surface area contributed by atoms with Crippen molar-refractivity contribution in [2.24, 2.45) is 0 Å². The van der Waals surface area contributed by atoms with Crippen LogP contribution in [0.3, 0.4) is 0 Å². The number of nitrogen functional groups attached to an aromatic ring is 1. The zero-order valence-electron chi connectivity index (χ0n) is 35.4. The molecule has 0 saturated carbocycles. The molecule has 16 heteroatoms. The van der Waals surface area contributed by atoms with Crippen molar-refractivity contribution in [1.82, 2.24) is 43.8 Å². The largest absolute Gasteiger partial charge is 0.457 e. The van der Waals surface area contributed by atoms with Crippen LogP contribution >= 0.6 is 0 Å². The molecule has 0 spiro atoms. The Bertz CT molecular complexity index is 2820.